The molecule has 116 valence electrons. The maximum Gasteiger partial charge on any atom is 0.238 e. The van der Waals surface area contributed by atoms with Gasteiger partial charge in [0.15, 0.2) is 0 Å². The summed E-state index contributed by atoms with van der Waals surface area (Å²) in [7, 11) is 0. The third-order valence-electron chi connectivity index (χ3n) is 3.73. The van der Waals surface area contributed by atoms with Gasteiger partial charge in [-0.1, -0.05) is 62.4 Å². The molecule has 0 saturated heterocycles. The number of nitrogens with one attached hydrogen (secondary N) is 2. The Hall–Kier alpha value is -2.13. The fourth-order valence-electron chi connectivity index (χ4n) is 2.51. The second-order valence-corrected chi connectivity index (χ2v) is 5.88. The minimum absolute atomic E-state index is 0.0177. The molecule has 1 atom stereocenters. The number of hydrogen-bond acceptors (Lipinski definition) is 2. The summed E-state index contributed by atoms with van der Waals surface area (Å²) in [5.74, 6) is 0.393. The van der Waals surface area contributed by atoms with Crippen molar-refractivity contribution in [2.45, 2.75) is 26.8 Å². The Labute approximate surface area is 132 Å². The Balaban J connectivity index is 1.95. The van der Waals surface area contributed by atoms with E-state index in [2.05, 4.69) is 36.6 Å². The molecule has 0 aromatic heterocycles. The summed E-state index contributed by atoms with van der Waals surface area (Å²) in [6.45, 7) is 6.60. The van der Waals surface area contributed by atoms with Crippen molar-refractivity contribution in [2.24, 2.45) is 5.92 Å². The molecular formula is C19H24N2O. The number of rotatable bonds is 6. The summed E-state index contributed by atoms with van der Waals surface area (Å²) in [4.78, 5) is 12.1. The number of amides is 1. The van der Waals surface area contributed by atoms with Gasteiger partial charge >= 0.3 is 0 Å². The van der Waals surface area contributed by atoms with E-state index in [9.17, 15) is 4.79 Å². The van der Waals surface area contributed by atoms with Crippen molar-refractivity contribution in [3.05, 3.63) is 65.7 Å². The van der Waals surface area contributed by atoms with Gasteiger partial charge in [0.2, 0.25) is 5.91 Å². The summed E-state index contributed by atoms with van der Waals surface area (Å²) in [6, 6.07) is 18.2. The third-order valence-corrected chi connectivity index (χ3v) is 3.73. The summed E-state index contributed by atoms with van der Waals surface area (Å²) >= 11 is 0. The van der Waals surface area contributed by atoms with Crippen LogP contribution in [0.15, 0.2) is 54.6 Å². The summed E-state index contributed by atoms with van der Waals surface area (Å²) in [5, 5.41) is 6.32. The average molecular weight is 296 g/mol. The first-order valence-corrected chi connectivity index (χ1v) is 7.71. The van der Waals surface area contributed by atoms with E-state index in [4.69, 9.17) is 0 Å². The van der Waals surface area contributed by atoms with E-state index in [1.54, 1.807) is 0 Å². The van der Waals surface area contributed by atoms with Crippen LogP contribution >= 0.6 is 0 Å². The van der Waals surface area contributed by atoms with Crippen LogP contribution in [0.4, 0.5) is 5.69 Å². The van der Waals surface area contributed by atoms with E-state index < -0.39 is 0 Å². The maximum absolute atomic E-state index is 12.1. The molecule has 2 aromatic carbocycles. The highest BCUT2D eigenvalue weighted by Crippen LogP contribution is 2.21. The van der Waals surface area contributed by atoms with Gasteiger partial charge in [-0.2, -0.15) is 0 Å². The molecule has 0 saturated carbocycles. The number of hydrogen-bond donors (Lipinski definition) is 2. The van der Waals surface area contributed by atoms with E-state index in [1.807, 2.05) is 49.4 Å². The highest BCUT2D eigenvalue weighted by Gasteiger charge is 2.16. The van der Waals surface area contributed by atoms with Crippen LogP contribution in [0.3, 0.4) is 0 Å². The van der Waals surface area contributed by atoms with E-state index in [-0.39, 0.29) is 11.9 Å². The van der Waals surface area contributed by atoms with Crippen LogP contribution in [-0.4, -0.2) is 12.5 Å². The van der Waals surface area contributed by atoms with Crippen molar-refractivity contribution < 1.29 is 4.79 Å². The molecule has 2 aromatic rings. The van der Waals surface area contributed by atoms with E-state index in [1.165, 1.54) is 5.56 Å². The number of anilines is 1. The van der Waals surface area contributed by atoms with E-state index >= 15 is 0 Å². The van der Waals surface area contributed by atoms with Crippen LogP contribution < -0.4 is 10.6 Å². The molecule has 0 aliphatic carbocycles. The van der Waals surface area contributed by atoms with E-state index in [0.717, 1.165) is 11.3 Å². The minimum Gasteiger partial charge on any atom is -0.325 e. The van der Waals surface area contributed by atoms with Gasteiger partial charge in [0.1, 0.15) is 0 Å². The Morgan fingerprint density at radius 2 is 1.64 bits per heavy atom. The molecule has 1 amide bonds. The second-order valence-electron chi connectivity index (χ2n) is 5.88. The quantitative estimate of drug-likeness (QED) is 0.848. The predicted molar refractivity (Wildman–Crippen MR) is 91.8 cm³/mol. The zero-order chi connectivity index (χ0) is 15.9. The van der Waals surface area contributed by atoms with E-state index in [0.29, 0.717) is 12.5 Å². The smallest absolute Gasteiger partial charge is 0.238 e. The first-order chi connectivity index (χ1) is 10.6. The van der Waals surface area contributed by atoms with Crippen LogP contribution in [0.1, 0.15) is 31.0 Å². The maximum atomic E-state index is 12.1. The number of carbonyl (C=O) groups excluding carboxylic acids is 1. The summed E-state index contributed by atoms with van der Waals surface area (Å²) in [5.41, 5.74) is 3.15. The van der Waals surface area contributed by atoms with Gasteiger partial charge in [0, 0.05) is 11.7 Å². The average Bonchev–Trinajstić information content (AvgIpc) is 2.50. The van der Waals surface area contributed by atoms with Gasteiger partial charge in [0.25, 0.3) is 0 Å². The van der Waals surface area contributed by atoms with Crippen molar-refractivity contribution in [1.82, 2.24) is 5.32 Å². The van der Waals surface area contributed by atoms with Crippen molar-refractivity contribution >= 4 is 11.6 Å². The largest absolute Gasteiger partial charge is 0.325 e. The number of aryl methyl sites for hydroxylation is 1. The highest BCUT2D eigenvalue weighted by atomic mass is 16.1. The lowest BCUT2D eigenvalue weighted by molar-refractivity contribution is -0.115. The third kappa shape index (κ3) is 4.43. The Kier molecular flexibility index (Phi) is 5.73. The van der Waals surface area contributed by atoms with Gasteiger partial charge in [-0.3, -0.25) is 4.79 Å². The fraction of sp³-hybridized carbons (Fsp3) is 0.316. The van der Waals surface area contributed by atoms with Crippen LogP contribution in [0.5, 0.6) is 0 Å². The van der Waals surface area contributed by atoms with Crippen molar-refractivity contribution in [3.8, 4) is 0 Å². The molecular weight excluding hydrogens is 272 g/mol. The monoisotopic (exact) mass is 296 g/mol. The molecule has 0 aliphatic rings. The minimum atomic E-state index is -0.0177. The van der Waals surface area contributed by atoms with Crippen molar-refractivity contribution in [1.29, 1.82) is 0 Å². The van der Waals surface area contributed by atoms with Gasteiger partial charge in [-0.05, 0) is 30.0 Å². The van der Waals surface area contributed by atoms with Gasteiger partial charge < -0.3 is 10.6 Å². The summed E-state index contributed by atoms with van der Waals surface area (Å²) in [6.07, 6.45) is 0. The fourth-order valence-corrected chi connectivity index (χ4v) is 2.51. The predicted octanol–water partition coefficient (Wildman–Crippen LogP) is 3.92. The van der Waals surface area contributed by atoms with Crippen LogP contribution in [-0.2, 0) is 4.79 Å². The first kappa shape index (κ1) is 16.2. The zero-order valence-corrected chi connectivity index (χ0v) is 13.5. The molecule has 2 rings (SSSR count). The molecule has 0 unspecified atom stereocenters. The number of carbonyl (C=O) groups is 1. The lowest BCUT2D eigenvalue weighted by Crippen LogP contribution is -2.33. The molecule has 0 heterocycles. The second kappa shape index (κ2) is 7.76. The molecule has 3 nitrogen and oxygen atoms in total. The lowest BCUT2D eigenvalue weighted by atomic mass is 9.96. The molecule has 0 spiro atoms. The van der Waals surface area contributed by atoms with Crippen LogP contribution in [0.25, 0.3) is 0 Å². The van der Waals surface area contributed by atoms with Crippen molar-refractivity contribution in [3.63, 3.8) is 0 Å². The molecule has 2 N–H and O–H groups in total. The normalized spacial score (nSPS) is 12.2. The topological polar surface area (TPSA) is 41.1 Å². The molecule has 0 aliphatic heterocycles. The Bertz CT molecular complexity index is 608. The number of para-hydroxylation sites is 1. The van der Waals surface area contributed by atoms with Crippen molar-refractivity contribution in [2.75, 3.05) is 11.9 Å². The Morgan fingerprint density at radius 3 is 2.27 bits per heavy atom. The SMILES string of the molecule is Cc1ccccc1NC(=O)CN[C@@H](c1ccccc1)C(C)C. The van der Waals surface area contributed by atoms with Gasteiger partial charge in [-0.15, -0.1) is 0 Å². The molecule has 0 bridgehead atoms. The Morgan fingerprint density at radius 1 is 1.00 bits per heavy atom. The molecule has 0 radical (unpaired) electrons. The highest BCUT2D eigenvalue weighted by molar-refractivity contribution is 5.92. The standard InChI is InChI=1S/C19H24N2O/c1-14(2)19(16-10-5-4-6-11-16)20-13-18(22)21-17-12-8-7-9-15(17)3/h4-12,14,19-20H,13H2,1-3H3,(H,21,22)/t19-/m1/s1. The summed E-state index contributed by atoms with van der Waals surface area (Å²) < 4.78 is 0. The first-order valence-electron chi connectivity index (χ1n) is 7.71. The molecule has 0 fully saturated rings. The van der Waals surface area contributed by atoms with Crippen LogP contribution in [0.2, 0.25) is 0 Å². The lowest BCUT2D eigenvalue weighted by Gasteiger charge is -2.23. The zero-order valence-electron chi connectivity index (χ0n) is 13.5. The molecule has 22 heavy (non-hydrogen) atoms. The molecule has 3 heteroatoms. The number of benzene rings is 2. The van der Waals surface area contributed by atoms with Gasteiger partial charge in [0.05, 0.1) is 6.54 Å². The van der Waals surface area contributed by atoms with Crippen LogP contribution in [0, 0.1) is 12.8 Å². The van der Waals surface area contributed by atoms with Gasteiger partial charge in [-0.25, -0.2) is 0 Å².